The van der Waals surface area contributed by atoms with Gasteiger partial charge >= 0.3 is 0 Å². The molecule has 2 unspecified atom stereocenters. The van der Waals surface area contributed by atoms with Crippen LogP contribution in [0.3, 0.4) is 0 Å². The first kappa shape index (κ1) is 12.7. The highest BCUT2D eigenvalue weighted by molar-refractivity contribution is 5.45. The van der Waals surface area contributed by atoms with Gasteiger partial charge in [0.05, 0.1) is 0 Å². The first-order chi connectivity index (χ1) is 9.76. The van der Waals surface area contributed by atoms with Gasteiger partial charge in [0.25, 0.3) is 0 Å². The van der Waals surface area contributed by atoms with Crippen molar-refractivity contribution in [3.8, 4) is 0 Å². The van der Waals surface area contributed by atoms with Crippen molar-refractivity contribution in [2.24, 2.45) is 11.8 Å². The fourth-order valence-electron chi connectivity index (χ4n) is 4.72. The minimum absolute atomic E-state index is 0.488. The molecule has 2 saturated carbocycles. The standard InChI is InChI=1S/C18H26N2/c19-17-8-6-15(7-9-17)18-10-16(18)12-20(13-18)11-14-4-2-1-3-5-14/h6-9,14,16H,1-5,10-13,19H2. The van der Waals surface area contributed by atoms with Crippen LogP contribution in [-0.4, -0.2) is 24.5 Å². The highest BCUT2D eigenvalue weighted by atomic mass is 15.2. The second kappa shape index (κ2) is 4.77. The van der Waals surface area contributed by atoms with Crippen LogP contribution >= 0.6 is 0 Å². The molecule has 0 radical (unpaired) electrons. The molecular formula is C18H26N2. The quantitative estimate of drug-likeness (QED) is 0.853. The molecule has 2 N–H and O–H groups in total. The van der Waals surface area contributed by atoms with E-state index in [4.69, 9.17) is 5.73 Å². The molecule has 0 amide bonds. The van der Waals surface area contributed by atoms with Gasteiger partial charge in [-0.15, -0.1) is 0 Å². The molecule has 1 heterocycles. The van der Waals surface area contributed by atoms with Crippen molar-refractivity contribution in [3.63, 3.8) is 0 Å². The normalized spacial score (nSPS) is 34.1. The number of nitrogens with zero attached hydrogens (tertiary/aromatic N) is 1. The van der Waals surface area contributed by atoms with Crippen molar-refractivity contribution in [1.82, 2.24) is 4.90 Å². The van der Waals surface area contributed by atoms with Crippen LogP contribution < -0.4 is 5.73 Å². The highest BCUT2D eigenvalue weighted by Gasteiger charge is 2.60. The van der Waals surface area contributed by atoms with Gasteiger partial charge in [0, 0.05) is 30.7 Å². The van der Waals surface area contributed by atoms with E-state index in [1.165, 1.54) is 63.7 Å². The second-order valence-corrected chi connectivity index (χ2v) is 7.38. The molecule has 1 saturated heterocycles. The lowest BCUT2D eigenvalue weighted by atomic mass is 9.88. The van der Waals surface area contributed by atoms with Gasteiger partial charge in [-0.3, -0.25) is 0 Å². The molecule has 108 valence electrons. The summed E-state index contributed by atoms with van der Waals surface area (Å²) >= 11 is 0. The molecule has 20 heavy (non-hydrogen) atoms. The Labute approximate surface area is 122 Å². The Hall–Kier alpha value is -1.02. The van der Waals surface area contributed by atoms with Crippen LogP contribution in [0.25, 0.3) is 0 Å². The van der Waals surface area contributed by atoms with E-state index in [0.29, 0.717) is 5.41 Å². The van der Waals surface area contributed by atoms with Crippen LogP contribution in [0.4, 0.5) is 5.69 Å². The zero-order chi connectivity index (χ0) is 13.6. The predicted molar refractivity (Wildman–Crippen MR) is 83.7 cm³/mol. The van der Waals surface area contributed by atoms with Gasteiger partial charge in [0.1, 0.15) is 0 Å². The van der Waals surface area contributed by atoms with Crippen molar-refractivity contribution in [2.75, 3.05) is 25.4 Å². The number of piperidine rings is 1. The van der Waals surface area contributed by atoms with Gasteiger partial charge in [-0.25, -0.2) is 0 Å². The van der Waals surface area contributed by atoms with Crippen LogP contribution in [0.2, 0.25) is 0 Å². The third-order valence-corrected chi connectivity index (χ3v) is 5.94. The SMILES string of the molecule is Nc1ccc(C23CC2CN(CC2CCCCC2)C3)cc1. The number of hydrogen-bond acceptors (Lipinski definition) is 2. The molecule has 2 atom stereocenters. The summed E-state index contributed by atoms with van der Waals surface area (Å²) in [6.45, 7) is 3.98. The number of nitrogens with two attached hydrogens (primary N) is 1. The lowest BCUT2D eigenvalue weighted by Gasteiger charge is -2.28. The molecular weight excluding hydrogens is 244 g/mol. The summed E-state index contributed by atoms with van der Waals surface area (Å²) < 4.78 is 0. The van der Waals surface area contributed by atoms with Crippen LogP contribution in [0.5, 0.6) is 0 Å². The molecule has 0 spiro atoms. The van der Waals surface area contributed by atoms with Gasteiger partial charge in [-0.2, -0.15) is 0 Å². The molecule has 1 aliphatic heterocycles. The van der Waals surface area contributed by atoms with Crippen molar-refractivity contribution < 1.29 is 0 Å². The van der Waals surface area contributed by atoms with Gasteiger partial charge in [-0.05, 0) is 48.8 Å². The Morgan fingerprint density at radius 2 is 1.85 bits per heavy atom. The number of nitrogen functional groups attached to an aromatic ring is 1. The highest BCUT2D eigenvalue weighted by Crippen LogP contribution is 2.59. The Kier molecular flexibility index (Phi) is 3.03. The van der Waals surface area contributed by atoms with Crippen LogP contribution in [0.1, 0.15) is 44.1 Å². The molecule has 0 aromatic heterocycles. The van der Waals surface area contributed by atoms with E-state index in [2.05, 4.69) is 29.2 Å². The lowest BCUT2D eigenvalue weighted by molar-refractivity contribution is 0.214. The van der Waals surface area contributed by atoms with E-state index in [0.717, 1.165) is 17.5 Å². The molecule has 3 aliphatic rings. The monoisotopic (exact) mass is 270 g/mol. The molecule has 2 aliphatic carbocycles. The number of rotatable bonds is 3. The van der Waals surface area contributed by atoms with Gasteiger partial charge in [0.15, 0.2) is 0 Å². The number of likely N-dealkylation sites (tertiary alicyclic amines) is 1. The fraction of sp³-hybridized carbons (Fsp3) is 0.667. The molecule has 2 heteroatoms. The number of fused-ring (bicyclic) bond motifs is 1. The summed E-state index contributed by atoms with van der Waals surface area (Å²) in [6.07, 6.45) is 8.73. The maximum atomic E-state index is 5.82. The first-order valence-corrected chi connectivity index (χ1v) is 8.35. The minimum Gasteiger partial charge on any atom is -0.399 e. The summed E-state index contributed by atoms with van der Waals surface area (Å²) in [7, 11) is 0. The first-order valence-electron chi connectivity index (χ1n) is 8.35. The van der Waals surface area contributed by atoms with E-state index in [9.17, 15) is 0 Å². The van der Waals surface area contributed by atoms with E-state index in [1.54, 1.807) is 0 Å². The average Bonchev–Trinajstić information content (AvgIpc) is 3.04. The van der Waals surface area contributed by atoms with Crippen LogP contribution in [0, 0.1) is 11.8 Å². The number of hydrogen-bond donors (Lipinski definition) is 1. The maximum Gasteiger partial charge on any atom is 0.0314 e. The number of benzene rings is 1. The van der Waals surface area contributed by atoms with E-state index >= 15 is 0 Å². The molecule has 0 bridgehead atoms. The second-order valence-electron chi connectivity index (χ2n) is 7.38. The van der Waals surface area contributed by atoms with Gasteiger partial charge < -0.3 is 10.6 Å². The molecule has 1 aromatic rings. The zero-order valence-electron chi connectivity index (χ0n) is 12.4. The molecule has 1 aromatic carbocycles. The van der Waals surface area contributed by atoms with Gasteiger partial charge in [0.2, 0.25) is 0 Å². The van der Waals surface area contributed by atoms with E-state index in [-0.39, 0.29) is 0 Å². The van der Waals surface area contributed by atoms with Crippen molar-refractivity contribution in [2.45, 2.75) is 43.9 Å². The van der Waals surface area contributed by atoms with Gasteiger partial charge in [-0.1, -0.05) is 31.4 Å². The largest absolute Gasteiger partial charge is 0.399 e. The maximum absolute atomic E-state index is 5.82. The summed E-state index contributed by atoms with van der Waals surface area (Å²) in [5.41, 5.74) is 8.73. The smallest absolute Gasteiger partial charge is 0.0314 e. The average molecular weight is 270 g/mol. The molecule has 4 rings (SSSR count). The minimum atomic E-state index is 0.488. The number of anilines is 1. The topological polar surface area (TPSA) is 29.3 Å². The van der Waals surface area contributed by atoms with Crippen molar-refractivity contribution in [1.29, 1.82) is 0 Å². The predicted octanol–water partition coefficient (Wildman–Crippen LogP) is 3.42. The Morgan fingerprint density at radius 1 is 1.10 bits per heavy atom. The summed E-state index contributed by atoms with van der Waals surface area (Å²) in [5.74, 6) is 1.89. The Balaban J connectivity index is 1.42. The fourth-order valence-corrected chi connectivity index (χ4v) is 4.72. The summed E-state index contributed by atoms with van der Waals surface area (Å²) in [5, 5.41) is 0. The molecule has 2 nitrogen and oxygen atoms in total. The Bertz CT molecular complexity index is 475. The summed E-state index contributed by atoms with van der Waals surface area (Å²) in [4.78, 5) is 2.75. The lowest BCUT2D eigenvalue weighted by Crippen LogP contribution is -2.32. The molecule has 3 fully saturated rings. The van der Waals surface area contributed by atoms with Crippen LogP contribution in [-0.2, 0) is 5.41 Å². The van der Waals surface area contributed by atoms with Crippen molar-refractivity contribution >= 4 is 5.69 Å². The van der Waals surface area contributed by atoms with E-state index < -0.39 is 0 Å². The van der Waals surface area contributed by atoms with Crippen LogP contribution in [0.15, 0.2) is 24.3 Å². The Morgan fingerprint density at radius 3 is 2.60 bits per heavy atom. The van der Waals surface area contributed by atoms with E-state index in [1.807, 2.05) is 0 Å². The van der Waals surface area contributed by atoms with Crippen molar-refractivity contribution in [3.05, 3.63) is 29.8 Å². The third kappa shape index (κ3) is 2.14. The zero-order valence-corrected chi connectivity index (χ0v) is 12.4. The summed E-state index contributed by atoms with van der Waals surface area (Å²) in [6, 6.07) is 8.67. The third-order valence-electron chi connectivity index (χ3n) is 5.94.